The van der Waals surface area contributed by atoms with E-state index in [1.54, 1.807) is 0 Å². The minimum atomic E-state index is 0.728. The molecule has 0 bridgehead atoms. The standard InChI is InChI=1S/C28H30N6O/c1-3-16-35-22-8-4-19(5-9-22)27-29-23-10-6-20(17-25(23)31-27)28-30-24-11-7-21(18-26(24)32-28)34-14-12-33(2)13-15-34/h4-11,17-18H,3,12-16H2,1-2H3,(H,29,31)(H,30,32). The van der Waals surface area contributed by atoms with Crippen molar-refractivity contribution in [3.05, 3.63) is 60.7 Å². The van der Waals surface area contributed by atoms with Crippen LogP contribution in [-0.2, 0) is 0 Å². The number of hydrogen-bond donors (Lipinski definition) is 2. The molecule has 0 aliphatic carbocycles. The fraction of sp³-hybridized carbons (Fsp3) is 0.286. The predicted molar refractivity (Wildman–Crippen MR) is 142 cm³/mol. The van der Waals surface area contributed by atoms with Crippen molar-refractivity contribution >= 4 is 27.8 Å². The number of aromatic nitrogens is 4. The number of ether oxygens (including phenoxy) is 1. The zero-order valence-corrected chi connectivity index (χ0v) is 20.2. The van der Waals surface area contributed by atoms with Gasteiger partial charge >= 0.3 is 0 Å². The molecule has 1 saturated heterocycles. The summed E-state index contributed by atoms with van der Waals surface area (Å²) < 4.78 is 5.70. The third-order valence-corrected chi connectivity index (χ3v) is 6.69. The summed E-state index contributed by atoms with van der Waals surface area (Å²) in [5, 5.41) is 0. The van der Waals surface area contributed by atoms with Crippen molar-refractivity contribution in [1.82, 2.24) is 24.8 Å². The largest absolute Gasteiger partial charge is 0.494 e. The van der Waals surface area contributed by atoms with E-state index in [0.29, 0.717) is 0 Å². The molecule has 2 N–H and O–H groups in total. The number of hydrogen-bond acceptors (Lipinski definition) is 5. The molecule has 0 atom stereocenters. The Morgan fingerprint density at radius 1 is 0.771 bits per heavy atom. The molecular formula is C28H30N6O. The lowest BCUT2D eigenvalue weighted by atomic mass is 10.2. The second kappa shape index (κ2) is 9.07. The highest BCUT2D eigenvalue weighted by Gasteiger charge is 2.16. The summed E-state index contributed by atoms with van der Waals surface area (Å²) in [4.78, 5) is 21.5. The first-order valence-electron chi connectivity index (χ1n) is 12.3. The van der Waals surface area contributed by atoms with Crippen molar-refractivity contribution in [2.75, 3.05) is 44.7 Å². The maximum atomic E-state index is 5.70. The smallest absolute Gasteiger partial charge is 0.138 e. The third kappa shape index (κ3) is 4.35. The third-order valence-electron chi connectivity index (χ3n) is 6.69. The number of nitrogens with zero attached hydrogens (tertiary/aromatic N) is 4. The second-order valence-corrected chi connectivity index (χ2v) is 9.27. The number of rotatable bonds is 6. The highest BCUT2D eigenvalue weighted by Crippen LogP contribution is 2.28. The summed E-state index contributed by atoms with van der Waals surface area (Å²) in [6.45, 7) is 7.11. The average Bonchev–Trinajstić information content (AvgIpc) is 3.51. The molecule has 6 rings (SSSR count). The van der Waals surface area contributed by atoms with Gasteiger partial charge in [-0.15, -0.1) is 0 Å². The van der Waals surface area contributed by atoms with Gasteiger partial charge in [-0.2, -0.15) is 0 Å². The second-order valence-electron chi connectivity index (χ2n) is 9.27. The summed E-state index contributed by atoms with van der Waals surface area (Å²) in [6.07, 6.45) is 0.996. The van der Waals surface area contributed by atoms with Gasteiger partial charge in [0.15, 0.2) is 0 Å². The van der Waals surface area contributed by atoms with Gasteiger partial charge in [-0.05, 0) is 74.1 Å². The summed E-state index contributed by atoms with van der Waals surface area (Å²) in [7, 11) is 2.18. The Kier molecular flexibility index (Phi) is 5.62. The number of piperazine rings is 1. The first-order valence-corrected chi connectivity index (χ1v) is 12.3. The van der Waals surface area contributed by atoms with E-state index in [4.69, 9.17) is 14.7 Å². The van der Waals surface area contributed by atoms with Gasteiger partial charge in [0.05, 0.1) is 28.7 Å². The molecule has 0 unspecified atom stereocenters. The van der Waals surface area contributed by atoms with Crippen LogP contribution in [0.1, 0.15) is 13.3 Å². The number of aromatic amines is 2. The van der Waals surface area contributed by atoms with Crippen LogP contribution in [0.4, 0.5) is 5.69 Å². The Morgan fingerprint density at radius 3 is 2.29 bits per heavy atom. The molecule has 5 aromatic rings. The normalized spacial score (nSPS) is 14.7. The van der Waals surface area contributed by atoms with Crippen LogP contribution in [0.3, 0.4) is 0 Å². The number of anilines is 1. The number of likely N-dealkylation sites (N-methyl/N-ethyl adjacent to an activating group) is 1. The lowest BCUT2D eigenvalue weighted by molar-refractivity contribution is 0.313. The molecule has 3 heterocycles. The highest BCUT2D eigenvalue weighted by atomic mass is 16.5. The van der Waals surface area contributed by atoms with Crippen LogP contribution in [0.25, 0.3) is 44.8 Å². The summed E-state index contributed by atoms with van der Waals surface area (Å²) >= 11 is 0. The molecule has 3 aromatic carbocycles. The fourth-order valence-electron chi connectivity index (χ4n) is 4.61. The van der Waals surface area contributed by atoms with E-state index >= 15 is 0 Å². The van der Waals surface area contributed by atoms with Crippen molar-refractivity contribution in [1.29, 1.82) is 0 Å². The Balaban J connectivity index is 1.26. The Labute approximate surface area is 204 Å². The van der Waals surface area contributed by atoms with E-state index in [9.17, 15) is 0 Å². The van der Waals surface area contributed by atoms with Gasteiger partial charge in [0.25, 0.3) is 0 Å². The minimum Gasteiger partial charge on any atom is -0.494 e. The Bertz CT molecular complexity index is 1460. The monoisotopic (exact) mass is 466 g/mol. The fourth-order valence-corrected chi connectivity index (χ4v) is 4.61. The number of fused-ring (bicyclic) bond motifs is 2. The van der Waals surface area contributed by atoms with Crippen LogP contribution in [0.15, 0.2) is 60.7 Å². The van der Waals surface area contributed by atoms with E-state index in [1.165, 1.54) is 5.69 Å². The SMILES string of the molecule is CCCOc1ccc(-c2nc3ccc(-c4nc5cc(N6CCN(C)CC6)ccc5[nH]4)cc3[nH]2)cc1. The number of benzene rings is 3. The molecule has 0 radical (unpaired) electrons. The first kappa shape index (κ1) is 21.7. The van der Waals surface area contributed by atoms with Crippen molar-refractivity contribution in [2.24, 2.45) is 0 Å². The maximum absolute atomic E-state index is 5.70. The molecule has 35 heavy (non-hydrogen) atoms. The lowest BCUT2D eigenvalue weighted by Gasteiger charge is -2.34. The van der Waals surface area contributed by atoms with Crippen LogP contribution in [0.5, 0.6) is 5.75 Å². The number of imidazole rings is 2. The highest BCUT2D eigenvalue weighted by molar-refractivity contribution is 5.87. The van der Waals surface area contributed by atoms with Gasteiger partial charge in [0.1, 0.15) is 17.4 Å². The number of H-pyrrole nitrogens is 2. The van der Waals surface area contributed by atoms with Crippen LogP contribution >= 0.6 is 0 Å². The van der Waals surface area contributed by atoms with E-state index in [0.717, 1.165) is 89.8 Å². The van der Waals surface area contributed by atoms with Crippen LogP contribution in [0.2, 0.25) is 0 Å². The summed E-state index contributed by atoms with van der Waals surface area (Å²) in [6, 6.07) is 20.8. The van der Waals surface area contributed by atoms with Gasteiger partial charge in [0, 0.05) is 43.0 Å². The summed E-state index contributed by atoms with van der Waals surface area (Å²) in [5.41, 5.74) is 7.27. The first-order chi connectivity index (χ1) is 17.2. The van der Waals surface area contributed by atoms with Crippen LogP contribution in [-0.4, -0.2) is 64.7 Å². The molecule has 2 aromatic heterocycles. The van der Waals surface area contributed by atoms with Crippen LogP contribution < -0.4 is 9.64 Å². The topological polar surface area (TPSA) is 73.1 Å². The van der Waals surface area contributed by atoms with E-state index < -0.39 is 0 Å². The Hall–Kier alpha value is -3.84. The number of nitrogens with one attached hydrogen (secondary N) is 2. The van der Waals surface area contributed by atoms with Crippen molar-refractivity contribution < 1.29 is 4.74 Å². The zero-order chi connectivity index (χ0) is 23.8. The van der Waals surface area contributed by atoms with Crippen molar-refractivity contribution in [3.8, 4) is 28.5 Å². The molecule has 7 nitrogen and oxygen atoms in total. The molecule has 1 aliphatic rings. The molecule has 0 saturated carbocycles. The van der Waals surface area contributed by atoms with E-state index in [2.05, 4.69) is 64.1 Å². The van der Waals surface area contributed by atoms with Crippen LogP contribution in [0, 0.1) is 0 Å². The summed E-state index contributed by atoms with van der Waals surface area (Å²) in [5.74, 6) is 2.60. The molecular weight excluding hydrogens is 436 g/mol. The minimum absolute atomic E-state index is 0.728. The zero-order valence-electron chi connectivity index (χ0n) is 20.2. The molecule has 7 heteroatoms. The van der Waals surface area contributed by atoms with Crippen molar-refractivity contribution in [3.63, 3.8) is 0 Å². The molecule has 1 aliphatic heterocycles. The van der Waals surface area contributed by atoms with Gasteiger partial charge in [-0.3, -0.25) is 0 Å². The Morgan fingerprint density at radius 2 is 1.49 bits per heavy atom. The predicted octanol–water partition coefficient (Wildman–Crippen LogP) is 5.31. The van der Waals surface area contributed by atoms with Gasteiger partial charge in [-0.1, -0.05) is 6.92 Å². The van der Waals surface area contributed by atoms with Gasteiger partial charge in [-0.25, -0.2) is 9.97 Å². The average molecular weight is 467 g/mol. The molecule has 0 spiro atoms. The molecule has 0 amide bonds. The van der Waals surface area contributed by atoms with Crippen molar-refractivity contribution in [2.45, 2.75) is 13.3 Å². The quantitative estimate of drug-likeness (QED) is 0.355. The molecule has 178 valence electrons. The molecule has 1 fully saturated rings. The van der Waals surface area contributed by atoms with Gasteiger partial charge < -0.3 is 24.5 Å². The van der Waals surface area contributed by atoms with E-state index in [1.807, 2.05) is 30.3 Å². The maximum Gasteiger partial charge on any atom is 0.138 e. The lowest BCUT2D eigenvalue weighted by Crippen LogP contribution is -2.44. The van der Waals surface area contributed by atoms with E-state index in [-0.39, 0.29) is 0 Å². The van der Waals surface area contributed by atoms with Gasteiger partial charge in [0.2, 0.25) is 0 Å².